The standard InChI is InChI=1S/C12H16N2O3S4/c1-12(2,3)7-5-8-10(6-9(7)20-21-15)19-11(13-8)14-16-17-18-4/h5-6,15H,1-4H3,(H,13,14). The lowest BCUT2D eigenvalue weighted by Crippen LogP contribution is -2.12. The first kappa shape index (κ1) is 17.2. The van der Waals surface area contributed by atoms with E-state index < -0.39 is 0 Å². The molecular formula is C12H16N2O3S4. The van der Waals surface area contributed by atoms with E-state index in [1.807, 2.05) is 6.07 Å². The van der Waals surface area contributed by atoms with Crippen LogP contribution in [0.5, 0.6) is 0 Å². The van der Waals surface area contributed by atoms with Gasteiger partial charge in [0, 0.05) is 23.2 Å². The van der Waals surface area contributed by atoms with E-state index in [0.29, 0.717) is 5.13 Å². The SMILES string of the molecule is CSOONc1nc2cc(C(C)(C)C)c(SSO)cc2s1. The topological polar surface area (TPSA) is 63.6 Å². The lowest BCUT2D eigenvalue weighted by molar-refractivity contribution is -0.160. The highest BCUT2D eigenvalue weighted by Crippen LogP contribution is 2.41. The van der Waals surface area contributed by atoms with Crippen molar-refractivity contribution in [1.82, 2.24) is 4.98 Å². The summed E-state index contributed by atoms with van der Waals surface area (Å²) in [5, 5.41) is 0.623. The number of aromatic nitrogens is 1. The van der Waals surface area contributed by atoms with E-state index in [-0.39, 0.29) is 5.41 Å². The highest BCUT2D eigenvalue weighted by atomic mass is 33.1. The van der Waals surface area contributed by atoms with Crippen LogP contribution < -0.4 is 5.48 Å². The van der Waals surface area contributed by atoms with Gasteiger partial charge in [-0.15, -0.1) is 4.33 Å². The second-order valence-electron chi connectivity index (χ2n) is 5.16. The zero-order chi connectivity index (χ0) is 15.5. The van der Waals surface area contributed by atoms with Crippen LogP contribution in [0.4, 0.5) is 5.13 Å². The first-order chi connectivity index (χ1) is 9.95. The second-order valence-corrected chi connectivity index (χ2v) is 8.37. The van der Waals surface area contributed by atoms with Gasteiger partial charge in [-0.05, 0) is 33.9 Å². The molecule has 1 aromatic heterocycles. The minimum absolute atomic E-state index is 0.0259. The summed E-state index contributed by atoms with van der Waals surface area (Å²) >= 11 is 3.32. The van der Waals surface area contributed by atoms with Gasteiger partial charge in [0.2, 0.25) is 5.13 Å². The monoisotopic (exact) mass is 364 g/mol. The Kier molecular flexibility index (Phi) is 6.06. The molecule has 1 aromatic carbocycles. The van der Waals surface area contributed by atoms with Gasteiger partial charge in [0.25, 0.3) is 0 Å². The normalized spacial score (nSPS) is 12.0. The van der Waals surface area contributed by atoms with Crippen LogP contribution in [-0.4, -0.2) is 15.8 Å². The minimum atomic E-state index is -0.0259. The average molecular weight is 365 g/mol. The van der Waals surface area contributed by atoms with Gasteiger partial charge < -0.3 is 4.55 Å². The number of benzene rings is 1. The highest BCUT2D eigenvalue weighted by Gasteiger charge is 2.20. The van der Waals surface area contributed by atoms with Crippen molar-refractivity contribution >= 4 is 60.6 Å². The van der Waals surface area contributed by atoms with E-state index in [1.165, 1.54) is 22.1 Å². The van der Waals surface area contributed by atoms with Crippen LogP contribution in [0.25, 0.3) is 10.2 Å². The van der Waals surface area contributed by atoms with Gasteiger partial charge >= 0.3 is 0 Å². The number of rotatable bonds is 6. The number of thiazole rings is 1. The van der Waals surface area contributed by atoms with Gasteiger partial charge in [-0.25, -0.2) is 10.5 Å². The Morgan fingerprint density at radius 2 is 2.10 bits per heavy atom. The Morgan fingerprint density at radius 3 is 2.71 bits per heavy atom. The molecule has 5 nitrogen and oxygen atoms in total. The summed E-state index contributed by atoms with van der Waals surface area (Å²) in [7, 11) is 1.35. The molecule has 0 unspecified atom stereocenters. The molecule has 0 bridgehead atoms. The molecule has 0 atom stereocenters. The Labute approximate surface area is 139 Å². The fraction of sp³-hybridized carbons (Fsp3) is 0.417. The molecule has 0 saturated carbocycles. The molecule has 9 heteroatoms. The maximum Gasteiger partial charge on any atom is 0.210 e. The quantitative estimate of drug-likeness (QED) is 0.233. The van der Waals surface area contributed by atoms with Crippen LogP contribution in [0.3, 0.4) is 0 Å². The van der Waals surface area contributed by atoms with Gasteiger partial charge in [0.05, 0.1) is 21.3 Å². The number of hydrogen-bond donors (Lipinski definition) is 2. The number of hydrogen-bond acceptors (Lipinski definition) is 9. The molecule has 0 aliphatic heterocycles. The van der Waals surface area contributed by atoms with Gasteiger partial charge in [-0.3, -0.25) is 0 Å². The summed E-state index contributed by atoms with van der Waals surface area (Å²) in [5.74, 6) is 0. The maximum absolute atomic E-state index is 9.15. The number of nitrogens with zero attached hydrogens (tertiary/aromatic N) is 1. The van der Waals surface area contributed by atoms with E-state index in [2.05, 4.69) is 37.3 Å². The summed E-state index contributed by atoms with van der Waals surface area (Å²) in [6, 6.07) is 4.10. The molecule has 2 rings (SSSR count). The Balaban J connectivity index is 2.37. The zero-order valence-electron chi connectivity index (χ0n) is 12.0. The molecule has 116 valence electrons. The lowest BCUT2D eigenvalue weighted by atomic mass is 9.87. The van der Waals surface area contributed by atoms with Crippen LogP contribution in [-0.2, 0) is 14.7 Å². The fourth-order valence-corrected chi connectivity index (χ4v) is 4.13. The van der Waals surface area contributed by atoms with Crippen molar-refractivity contribution in [1.29, 1.82) is 0 Å². The van der Waals surface area contributed by atoms with Crippen LogP contribution in [0, 0.1) is 0 Å². The van der Waals surface area contributed by atoms with Crippen LogP contribution in [0.15, 0.2) is 17.0 Å². The van der Waals surface area contributed by atoms with E-state index in [1.54, 1.807) is 6.26 Å². The third-order valence-corrected chi connectivity index (χ3v) is 5.13. The van der Waals surface area contributed by atoms with Crippen LogP contribution >= 0.6 is 45.2 Å². The largest absolute Gasteiger partial charge is 0.320 e. The Hall–Kier alpha value is -0.160. The summed E-state index contributed by atoms with van der Waals surface area (Å²) in [4.78, 5) is 10.3. The van der Waals surface area contributed by atoms with E-state index in [9.17, 15) is 0 Å². The third-order valence-electron chi connectivity index (χ3n) is 2.66. The highest BCUT2D eigenvalue weighted by molar-refractivity contribution is 8.74. The van der Waals surface area contributed by atoms with Crippen molar-refractivity contribution in [2.45, 2.75) is 31.1 Å². The van der Waals surface area contributed by atoms with Crippen LogP contribution in [0.1, 0.15) is 26.3 Å². The number of anilines is 1. The van der Waals surface area contributed by atoms with Crippen LogP contribution in [0.2, 0.25) is 0 Å². The van der Waals surface area contributed by atoms with Crippen molar-refractivity contribution in [3.05, 3.63) is 17.7 Å². The van der Waals surface area contributed by atoms with Crippen molar-refractivity contribution in [2.24, 2.45) is 0 Å². The fourth-order valence-electron chi connectivity index (χ4n) is 1.78. The molecule has 21 heavy (non-hydrogen) atoms. The molecule has 0 radical (unpaired) electrons. The predicted molar refractivity (Wildman–Crippen MR) is 93.7 cm³/mol. The minimum Gasteiger partial charge on any atom is -0.320 e. The summed E-state index contributed by atoms with van der Waals surface area (Å²) in [5.41, 5.74) is 4.67. The van der Waals surface area contributed by atoms with E-state index in [4.69, 9.17) is 13.9 Å². The Morgan fingerprint density at radius 1 is 1.33 bits per heavy atom. The zero-order valence-corrected chi connectivity index (χ0v) is 15.3. The van der Waals surface area contributed by atoms with Crippen molar-refractivity contribution in [2.75, 3.05) is 11.7 Å². The van der Waals surface area contributed by atoms with Gasteiger partial charge in [0.15, 0.2) is 0 Å². The molecule has 0 aliphatic rings. The molecule has 0 fully saturated rings. The first-order valence-corrected chi connectivity index (χ1v) is 10.1. The summed E-state index contributed by atoms with van der Waals surface area (Å²) in [6.07, 6.45) is 1.76. The van der Waals surface area contributed by atoms with Crippen molar-refractivity contribution in [3.8, 4) is 0 Å². The molecule has 1 heterocycles. The van der Waals surface area contributed by atoms with Gasteiger partial charge in [-0.1, -0.05) is 37.1 Å². The molecule has 2 aromatic rings. The molecular weight excluding hydrogens is 348 g/mol. The summed E-state index contributed by atoms with van der Waals surface area (Å²) < 4.78 is 14.9. The molecule has 0 aliphatic carbocycles. The molecule has 0 saturated heterocycles. The smallest absolute Gasteiger partial charge is 0.210 e. The van der Waals surface area contributed by atoms with Gasteiger partial charge in [0.1, 0.15) is 0 Å². The van der Waals surface area contributed by atoms with E-state index >= 15 is 0 Å². The predicted octanol–water partition coefficient (Wildman–Crippen LogP) is 5.36. The number of fused-ring (bicyclic) bond motifs is 1. The summed E-state index contributed by atoms with van der Waals surface area (Å²) in [6.45, 7) is 6.42. The molecule has 0 spiro atoms. The second kappa shape index (κ2) is 7.40. The maximum atomic E-state index is 9.15. The molecule has 0 amide bonds. The third kappa shape index (κ3) is 4.41. The van der Waals surface area contributed by atoms with Crippen molar-refractivity contribution in [3.63, 3.8) is 0 Å². The number of nitrogens with one attached hydrogen (secondary N) is 1. The van der Waals surface area contributed by atoms with Crippen molar-refractivity contribution < 1.29 is 13.9 Å². The lowest BCUT2D eigenvalue weighted by Gasteiger charge is -2.21. The van der Waals surface area contributed by atoms with Gasteiger partial charge in [-0.2, -0.15) is 0 Å². The molecule has 2 N–H and O–H groups in total. The average Bonchev–Trinajstić information content (AvgIpc) is 2.79. The van der Waals surface area contributed by atoms with E-state index in [0.717, 1.165) is 43.8 Å². The Bertz CT molecular complexity index is 612. The first-order valence-electron chi connectivity index (χ1n) is 6.01.